The van der Waals surface area contributed by atoms with Crippen LogP contribution in [0.25, 0.3) is 0 Å². The fourth-order valence-corrected chi connectivity index (χ4v) is 3.28. The van der Waals surface area contributed by atoms with Crippen LogP contribution < -0.4 is 4.90 Å². The van der Waals surface area contributed by atoms with Gasteiger partial charge in [-0.25, -0.2) is 14.4 Å². The molecular weight excluding hydrogens is 317 g/mol. The number of benzene rings is 1. The van der Waals surface area contributed by atoms with Crippen molar-refractivity contribution in [3.63, 3.8) is 0 Å². The Morgan fingerprint density at radius 3 is 2.60 bits per heavy atom. The standard InChI is InChI=1S/C19H22FN5/c1-3-17-14(2)22-13-23-19(17)25-8-6-24(7-9-25)12-16-5-4-15(11-21)10-18(16)20/h4-5,10,13H,3,6-9,12H2,1-2H3. The fourth-order valence-electron chi connectivity index (χ4n) is 3.28. The predicted molar refractivity (Wildman–Crippen MR) is 94.8 cm³/mol. The minimum absolute atomic E-state index is 0.304. The van der Waals surface area contributed by atoms with Crippen LogP contribution >= 0.6 is 0 Å². The topological polar surface area (TPSA) is 56.1 Å². The summed E-state index contributed by atoms with van der Waals surface area (Å²) >= 11 is 0. The molecule has 0 bridgehead atoms. The Morgan fingerprint density at radius 1 is 1.20 bits per heavy atom. The number of halogens is 1. The van der Waals surface area contributed by atoms with Crippen LogP contribution in [-0.2, 0) is 13.0 Å². The lowest BCUT2D eigenvalue weighted by Gasteiger charge is -2.36. The van der Waals surface area contributed by atoms with Gasteiger partial charge in [-0.1, -0.05) is 13.0 Å². The first-order valence-electron chi connectivity index (χ1n) is 8.58. The molecule has 3 rings (SSSR count). The lowest BCUT2D eigenvalue weighted by molar-refractivity contribution is 0.246. The van der Waals surface area contributed by atoms with Gasteiger partial charge in [0.1, 0.15) is 18.0 Å². The van der Waals surface area contributed by atoms with E-state index < -0.39 is 0 Å². The van der Waals surface area contributed by atoms with E-state index >= 15 is 0 Å². The molecule has 0 N–H and O–H groups in total. The second kappa shape index (κ2) is 7.58. The van der Waals surface area contributed by atoms with Crippen LogP contribution in [0.5, 0.6) is 0 Å². The Labute approximate surface area is 147 Å². The molecule has 2 aromatic rings. The molecule has 1 aromatic heterocycles. The number of rotatable bonds is 4. The summed E-state index contributed by atoms with van der Waals surface area (Å²) < 4.78 is 14.1. The van der Waals surface area contributed by atoms with Crippen molar-refractivity contribution < 1.29 is 4.39 Å². The molecule has 0 radical (unpaired) electrons. The van der Waals surface area contributed by atoms with E-state index in [2.05, 4.69) is 26.7 Å². The highest BCUT2D eigenvalue weighted by Crippen LogP contribution is 2.22. The van der Waals surface area contributed by atoms with Gasteiger partial charge in [0, 0.05) is 49.5 Å². The number of nitriles is 1. The smallest absolute Gasteiger partial charge is 0.135 e. The van der Waals surface area contributed by atoms with Gasteiger partial charge < -0.3 is 4.90 Å². The molecule has 6 heteroatoms. The number of piperazine rings is 1. The van der Waals surface area contributed by atoms with Crippen LogP contribution in [-0.4, -0.2) is 41.0 Å². The average Bonchev–Trinajstić information content (AvgIpc) is 2.64. The third-order valence-corrected chi connectivity index (χ3v) is 4.74. The minimum Gasteiger partial charge on any atom is -0.354 e. The number of hydrogen-bond acceptors (Lipinski definition) is 5. The lowest BCUT2D eigenvalue weighted by atomic mass is 10.1. The van der Waals surface area contributed by atoms with E-state index in [-0.39, 0.29) is 5.82 Å². The van der Waals surface area contributed by atoms with E-state index in [4.69, 9.17) is 5.26 Å². The van der Waals surface area contributed by atoms with E-state index in [1.807, 2.05) is 13.0 Å². The van der Waals surface area contributed by atoms with Crippen molar-refractivity contribution in [2.45, 2.75) is 26.8 Å². The van der Waals surface area contributed by atoms with Gasteiger partial charge >= 0.3 is 0 Å². The van der Waals surface area contributed by atoms with Gasteiger partial charge in [-0.3, -0.25) is 4.90 Å². The van der Waals surface area contributed by atoms with Crippen LogP contribution in [0.1, 0.15) is 29.3 Å². The number of anilines is 1. The summed E-state index contributed by atoms with van der Waals surface area (Å²) in [5, 5.41) is 8.83. The van der Waals surface area contributed by atoms with Crippen LogP contribution in [0.4, 0.5) is 10.2 Å². The molecule has 0 saturated carbocycles. The predicted octanol–water partition coefficient (Wildman–Crippen LogP) is 2.68. The maximum absolute atomic E-state index is 14.1. The van der Waals surface area contributed by atoms with E-state index in [9.17, 15) is 4.39 Å². The van der Waals surface area contributed by atoms with Gasteiger partial charge in [0.15, 0.2) is 0 Å². The highest BCUT2D eigenvalue weighted by molar-refractivity contribution is 5.48. The highest BCUT2D eigenvalue weighted by atomic mass is 19.1. The molecule has 0 aliphatic carbocycles. The van der Waals surface area contributed by atoms with E-state index in [0.29, 0.717) is 17.7 Å². The van der Waals surface area contributed by atoms with Crippen molar-refractivity contribution in [2.75, 3.05) is 31.1 Å². The van der Waals surface area contributed by atoms with Crippen LogP contribution in [0, 0.1) is 24.1 Å². The molecule has 1 saturated heterocycles. The molecular formula is C19H22FN5. The molecule has 1 aliphatic rings. The number of aryl methyl sites for hydroxylation is 1. The van der Waals surface area contributed by atoms with Crippen LogP contribution in [0.2, 0.25) is 0 Å². The number of nitrogens with zero attached hydrogens (tertiary/aromatic N) is 5. The van der Waals surface area contributed by atoms with E-state index in [0.717, 1.165) is 44.1 Å². The van der Waals surface area contributed by atoms with Crippen LogP contribution in [0.3, 0.4) is 0 Å². The molecule has 1 aliphatic heterocycles. The Morgan fingerprint density at radius 2 is 1.96 bits per heavy atom. The van der Waals surface area contributed by atoms with Gasteiger partial charge in [0.05, 0.1) is 11.6 Å². The quantitative estimate of drug-likeness (QED) is 0.857. The monoisotopic (exact) mass is 339 g/mol. The van der Waals surface area contributed by atoms with Gasteiger partial charge in [-0.15, -0.1) is 0 Å². The number of hydrogen-bond donors (Lipinski definition) is 0. The molecule has 0 spiro atoms. The van der Waals surface area contributed by atoms with Gasteiger partial charge in [-0.05, 0) is 25.5 Å². The van der Waals surface area contributed by atoms with Crippen molar-refractivity contribution in [1.82, 2.24) is 14.9 Å². The Kier molecular flexibility index (Phi) is 5.25. The summed E-state index contributed by atoms with van der Waals surface area (Å²) in [4.78, 5) is 13.3. The van der Waals surface area contributed by atoms with E-state index in [1.165, 1.54) is 11.6 Å². The zero-order chi connectivity index (χ0) is 17.8. The lowest BCUT2D eigenvalue weighted by Crippen LogP contribution is -2.46. The summed E-state index contributed by atoms with van der Waals surface area (Å²) in [6.07, 6.45) is 2.54. The second-order valence-corrected chi connectivity index (χ2v) is 6.30. The summed E-state index contributed by atoms with van der Waals surface area (Å²) in [6, 6.07) is 6.66. The zero-order valence-electron chi connectivity index (χ0n) is 14.7. The molecule has 2 heterocycles. The molecule has 0 unspecified atom stereocenters. The Balaban J connectivity index is 1.65. The average molecular weight is 339 g/mol. The highest BCUT2D eigenvalue weighted by Gasteiger charge is 2.21. The molecule has 5 nitrogen and oxygen atoms in total. The Hall–Kier alpha value is -2.52. The van der Waals surface area contributed by atoms with Crippen molar-refractivity contribution in [2.24, 2.45) is 0 Å². The summed E-state index contributed by atoms with van der Waals surface area (Å²) in [7, 11) is 0. The summed E-state index contributed by atoms with van der Waals surface area (Å²) in [5.74, 6) is 0.723. The van der Waals surface area contributed by atoms with Crippen LogP contribution in [0.15, 0.2) is 24.5 Å². The zero-order valence-corrected chi connectivity index (χ0v) is 14.7. The first kappa shape index (κ1) is 17.3. The maximum Gasteiger partial charge on any atom is 0.135 e. The van der Waals surface area contributed by atoms with E-state index in [1.54, 1.807) is 18.5 Å². The van der Waals surface area contributed by atoms with Gasteiger partial charge in [-0.2, -0.15) is 5.26 Å². The second-order valence-electron chi connectivity index (χ2n) is 6.30. The van der Waals surface area contributed by atoms with Crippen molar-refractivity contribution >= 4 is 5.82 Å². The summed E-state index contributed by atoms with van der Waals surface area (Å²) in [5.41, 5.74) is 3.24. The van der Waals surface area contributed by atoms with Gasteiger partial charge in [0.2, 0.25) is 0 Å². The molecule has 25 heavy (non-hydrogen) atoms. The third kappa shape index (κ3) is 3.77. The first-order chi connectivity index (χ1) is 12.1. The fraction of sp³-hybridized carbons (Fsp3) is 0.421. The molecule has 0 atom stereocenters. The molecule has 130 valence electrons. The molecule has 0 amide bonds. The summed E-state index contributed by atoms with van der Waals surface area (Å²) in [6.45, 7) is 8.14. The largest absolute Gasteiger partial charge is 0.354 e. The minimum atomic E-state index is -0.304. The molecule has 1 fully saturated rings. The van der Waals surface area contributed by atoms with Crippen molar-refractivity contribution in [3.05, 3.63) is 52.7 Å². The third-order valence-electron chi connectivity index (χ3n) is 4.74. The SMILES string of the molecule is CCc1c(C)ncnc1N1CCN(Cc2ccc(C#N)cc2F)CC1. The maximum atomic E-state index is 14.1. The number of aromatic nitrogens is 2. The van der Waals surface area contributed by atoms with Gasteiger partial charge in [0.25, 0.3) is 0 Å². The normalized spacial score (nSPS) is 15.2. The first-order valence-corrected chi connectivity index (χ1v) is 8.58. The molecule has 1 aromatic carbocycles. The van der Waals surface area contributed by atoms with Crippen molar-refractivity contribution in [1.29, 1.82) is 5.26 Å². The van der Waals surface area contributed by atoms with Crippen molar-refractivity contribution in [3.8, 4) is 6.07 Å². The Bertz CT molecular complexity index is 791.